The Balaban J connectivity index is 2.07. The lowest BCUT2D eigenvalue weighted by Crippen LogP contribution is -1.99. The molecule has 3 aromatic rings. The maximum Gasteiger partial charge on any atom is 0.396 e. The molecule has 0 atom stereocenters. The molecule has 0 aliphatic heterocycles. The first-order valence-corrected chi connectivity index (χ1v) is 6.86. The van der Waals surface area contributed by atoms with Gasteiger partial charge in [-0.15, -0.1) is 0 Å². The highest BCUT2D eigenvalue weighted by molar-refractivity contribution is 7.99. The van der Waals surface area contributed by atoms with Crippen LogP contribution in [0.25, 0.3) is 11.2 Å². The van der Waals surface area contributed by atoms with E-state index in [0.717, 1.165) is 18.0 Å². The fourth-order valence-corrected chi connectivity index (χ4v) is 2.82. The van der Waals surface area contributed by atoms with Gasteiger partial charge in [0.15, 0.2) is 10.7 Å². The molecule has 0 aliphatic carbocycles. The van der Waals surface area contributed by atoms with E-state index in [1.807, 2.05) is 0 Å². The van der Waals surface area contributed by atoms with Gasteiger partial charge in [-0.05, 0) is 21.7 Å². The summed E-state index contributed by atoms with van der Waals surface area (Å²) in [6.45, 7) is 0.128. The topological polar surface area (TPSA) is 122 Å². The second-order valence-electron chi connectivity index (χ2n) is 4.26. The fourth-order valence-electron chi connectivity index (χ4n) is 1.89. The molecule has 0 aromatic carbocycles. The largest absolute Gasteiger partial charge is 0.396 e. The van der Waals surface area contributed by atoms with E-state index in [-0.39, 0.29) is 12.4 Å². The van der Waals surface area contributed by atoms with Crippen molar-refractivity contribution in [1.82, 2.24) is 29.1 Å². The number of imidazole rings is 2. The van der Waals surface area contributed by atoms with E-state index in [0.29, 0.717) is 21.2 Å². The molecule has 0 spiro atoms. The average Bonchev–Trinajstić information content (AvgIpc) is 3.05. The van der Waals surface area contributed by atoms with Crippen molar-refractivity contribution >= 4 is 35.0 Å². The van der Waals surface area contributed by atoms with E-state index in [4.69, 9.17) is 0 Å². The summed E-state index contributed by atoms with van der Waals surface area (Å²) >= 11 is 1.08. The van der Waals surface area contributed by atoms with E-state index < -0.39 is 4.92 Å². The van der Waals surface area contributed by atoms with Crippen molar-refractivity contribution in [1.29, 1.82) is 0 Å². The quantitative estimate of drug-likeness (QED) is 0.293. The van der Waals surface area contributed by atoms with Gasteiger partial charge in [-0.3, -0.25) is 0 Å². The van der Waals surface area contributed by atoms with Crippen LogP contribution in [0.4, 0.5) is 5.82 Å². The fraction of sp³-hybridized carbons (Fsp3) is 0.182. The molecule has 0 N–H and O–H groups in total. The Morgan fingerprint density at radius 1 is 1.32 bits per heavy atom. The molecule has 10 nitrogen and oxygen atoms in total. The number of hydrogen-bond acceptors (Lipinski definition) is 8. The lowest BCUT2D eigenvalue weighted by Gasteiger charge is -2.02. The number of aldehydes is 1. The Labute approximate surface area is 127 Å². The maximum absolute atomic E-state index is 11.0. The van der Waals surface area contributed by atoms with Crippen molar-refractivity contribution in [3.8, 4) is 0 Å². The summed E-state index contributed by atoms with van der Waals surface area (Å²) in [5, 5.41) is 11.8. The van der Waals surface area contributed by atoms with E-state index >= 15 is 0 Å². The normalized spacial score (nSPS) is 11.0. The second-order valence-corrected chi connectivity index (χ2v) is 5.24. The minimum absolute atomic E-state index is 0.128. The predicted molar refractivity (Wildman–Crippen MR) is 75.4 cm³/mol. The molecular weight excluding hydrogens is 310 g/mol. The van der Waals surface area contributed by atoms with Crippen molar-refractivity contribution in [3.05, 3.63) is 29.1 Å². The van der Waals surface area contributed by atoms with Crippen molar-refractivity contribution in [2.45, 2.75) is 16.6 Å². The van der Waals surface area contributed by atoms with E-state index in [9.17, 15) is 14.9 Å². The standard InChI is InChI=1S/C11H9N7O3S/c1-16-5-15-9(18(20)21)11(16)22-10-7-8(12-4-13-10)17(2-3-19)6-14-7/h3-6H,2H2,1H3. The highest BCUT2D eigenvalue weighted by Gasteiger charge is 2.23. The number of rotatable bonds is 5. The van der Waals surface area contributed by atoms with E-state index in [1.165, 1.54) is 19.0 Å². The van der Waals surface area contributed by atoms with E-state index in [2.05, 4.69) is 19.9 Å². The average molecular weight is 319 g/mol. The molecule has 0 fully saturated rings. The molecule has 0 aliphatic rings. The molecule has 0 saturated carbocycles. The van der Waals surface area contributed by atoms with Gasteiger partial charge in [0.2, 0.25) is 6.33 Å². The van der Waals surface area contributed by atoms with Crippen LogP contribution in [0.5, 0.6) is 0 Å². The van der Waals surface area contributed by atoms with Crippen molar-refractivity contribution in [3.63, 3.8) is 0 Å². The van der Waals surface area contributed by atoms with Gasteiger partial charge in [0.05, 0.1) is 12.9 Å². The van der Waals surface area contributed by atoms with Gasteiger partial charge in [-0.1, -0.05) is 0 Å². The summed E-state index contributed by atoms with van der Waals surface area (Å²) in [5.74, 6) is -0.244. The summed E-state index contributed by atoms with van der Waals surface area (Å²) < 4.78 is 3.12. The van der Waals surface area contributed by atoms with Crippen molar-refractivity contribution in [2.24, 2.45) is 7.05 Å². The SMILES string of the molecule is Cn1cnc([N+](=O)[O-])c1Sc1ncnc2c1ncn2CC=O. The van der Waals surface area contributed by atoms with Crippen LogP contribution in [0, 0.1) is 10.1 Å². The number of nitro groups is 1. The van der Waals surface area contributed by atoms with Crippen LogP contribution in [-0.4, -0.2) is 40.3 Å². The third kappa shape index (κ3) is 2.30. The summed E-state index contributed by atoms with van der Waals surface area (Å²) in [5.41, 5.74) is 0.972. The minimum Gasteiger partial charge on any atom is -0.358 e. The smallest absolute Gasteiger partial charge is 0.358 e. The number of nitrogens with zero attached hydrogens (tertiary/aromatic N) is 7. The van der Waals surface area contributed by atoms with Crippen molar-refractivity contribution in [2.75, 3.05) is 0 Å². The van der Waals surface area contributed by atoms with E-state index in [1.54, 1.807) is 16.2 Å². The third-order valence-corrected chi connectivity index (χ3v) is 4.03. The van der Waals surface area contributed by atoms with Gasteiger partial charge >= 0.3 is 5.82 Å². The number of fused-ring (bicyclic) bond motifs is 1. The predicted octanol–water partition coefficient (Wildman–Crippen LogP) is 0.818. The summed E-state index contributed by atoms with van der Waals surface area (Å²) in [6.07, 6.45) is 4.91. The van der Waals surface area contributed by atoms with Gasteiger partial charge in [0, 0.05) is 7.05 Å². The lowest BCUT2D eigenvalue weighted by molar-refractivity contribution is -0.392. The number of hydrogen-bond donors (Lipinski definition) is 0. The maximum atomic E-state index is 11.0. The zero-order valence-electron chi connectivity index (χ0n) is 11.3. The molecule has 3 aromatic heterocycles. The number of carbonyl (C=O) groups excluding carboxylic acids is 1. The van der Waals surface area contributed by atoms with Crippen LogP contribution in [0.1, 0.15) is 0 Å². The molecule has 0 amide bonds. The van der Waals surface area contributed by atoms with Crippen LogP contribution >= 0.6 is 11.8 Å². The van der Waals surface area contributed by atoms with Crippen LogP contribution in [0.2, 0.25) is 0 Å². The Morgan fingerprint density at radius 2 is 2.14 bits per heavy atom. The molecule has 3 rings (SSSR count). The monoisotopic (exact) mass is 319 g/mol. The first kappa shape index (κ1) is 14.1. The number of carbonyl (C=O) groups is 1. The molecule has 0 radical (unpaired) electrons. The van der Waals surface area contributed by atoms with Gasteiger partial charge in [0.25, 0.3) is 0 Å². The summed E-state index contributed by atoms with van der Waals surface area (Å²) in [7, 11) is 1.66. The Morgan fingerprint density at radius 3 is 2.86 bits per heavy atom. The van der Waals surface area contributed by atoms with Crippen LogP contribution in [-0.2, 0) is 18.4 Å². The zero-order valence-corrected chi connectivity index (χ0v) is 12.1. The first-order chi connectivity index (χ1) is 10.6. The van der Waals surface area contributed by atoms with Gasteiger partial charge in [-0.2, -0.15) is 0 Å². The van der Waals surface area contributed by atoms with Gasteiger partial charge in [-0.25, -0.2) is 15.0 Å². The molecule has 3 heterocycles. The van der Waals surface area contributed by atoms with Crippen LogP contribution in [0.3, 0.4) is 0 Å². The summed E-state index contributed by atoms with van der Waals surface area (Å²) in [4.78, 5) is 37.2. The van der Waals surface area contributed by atoms with Gasteiger partial charge in [0.1, 0.15) is 23.2 Å². The molecule has 11 heteroatoms. The molecule has 0 unspecified atom stereocenters. The van der Waals surface area contributed by atoms with Gasteiger partial charge < -0.3 is 24.0 Å². The molecular formula is C11H9N7O3S. The molecule has 0 saturated heterocycles. The second kappa shape index (κ2) is 5.52. The molecule has 22 heavy (non-hydrogen) atoms. The molecule has 112 valence electrons. The minimum atomic E-state index is -0.550. The highest BCUT2D eigenvalue weighted by atomic mass is 32.2. The first-order valence-electron chi connectivity index (χ1n) is 6.05. The Hall–Kier alpha value is -2.82. The third-order valence-electron chi connectivity index (χ3n) is 2.87. The number of aryl methyl sites for hydroxylation is 1. The number of aromatic nitrogens is 6. The Bertz CT molecular complexity index is 872. The summed E-state index contributed by atoms with van der Waals surface area (Å²) in [6, 6.07) is 0. The Kier molecular flexibility index (Phi) is 3.55. The highest BCUT2D eigenvalue weighted by Crippen LogP contribution is 2.34. The van der Waals surface area contributed by atoms with Crippen molar-refractivity contribution < 1.29 is 9.72 Å². The zero-order chi connectivity index (χ0) is 15.7. The molecule has 0 bridgehead atoms. The van der Waals surface area contributed by atoms with Crippen LogP contribution < -0.4 is 0 Å². The lowest BCUT2D eigenvalue weighted by atomic mass is 10.5. The van der Waals surface area contributed by atoms with Crippen LogP contribution in [0.15, 0.2) is 29.0 Å².